The Bertz CT molecular complexity index is 296. The summed E-state index contributed by atoms with van der Waals surface area (Å²) in [5.41, 5.74) is 1.08. The second kappa shape index (κ2) is 3.18. The summed E-state index contributed by atoms with van der Waals surface area (Å²) in [6.45, 7) is 0.719. The first-order valence-corrected chi connectivity index (χ1v) is 4.22. The summed E-state index contributed by atoms with van der Waals surface area (Å²) in [4.78, 5) is 10.6. The Labute approximate surface area is 75.2 Å². The van der Waals surface area contributed by atoms with E-state index in [4.69, 9.17) is 5.11 Å². The van der Waals surface area contributed by atoms with E-state index in [1.165, 1.54) is 0 Å². The van der Waals surface area contributed by atoms with Crippen LogP contribution in [0.1, 0.15) is 17.9 Å². The quantitative estimate of drug-likeness (QED) is 0.597. The largest absolute Gasteiger partial charge is 0.480 e. The van der Waals surface area contributed by atoms with E-state index in [9.17, 15) is 4.79 Å². The van der Waals surface area contributed by atoms with Crippen LogP contribution in [0.4, 0.5) is 0 Å². The molecule has 0 saturated carbocycles. The van der Waals surface area contributed by atoms with Crippen molar-refractivity contribution in [3.8, 4) is 0 Å². The first-order chi connectivity index (χ1) is 6.27. The van der Waals surface area contributed by atoms with Gasteiger partial charge in [-0.25, -0.2) is 0 Å². The molecule has 2 heterocycles. The fourth-order valence-electron chi connectivity index (χ4n) is 1.66. The van der Waals surface area contributed by atoms with Gasteiger partial charge in [0.15, 0.2) is 0 Å². The number of carbonyl (C=O) groups is 1. The molecule has 0 radical (unpaired) electrons. The highest BCUT2D eigenvalue weighted by atomic mass is 16.4. The second-order valence-corrected chi connectivity index (χ2v) is 3.26. The van der Waals surface area contributed by atoms with Crippen molar-refractivity contribution in [2.75, 3.05) is 6.54 Å². The monoisotopic (exact) mass is 181 g/mol. The topological polar surface area (TPSA) is 78.0 Å². The maximum Gasteiger partial charge on any atom is 0.320 e. The Morgan fingerprint density at radius 3 is 3.08 bits per heavy atom. The Morgan fingerprint density at radius 1 is 1.69 bits per heavy atom. The summed E-state index contributed by atoms with van der Waals surface area (Å²) in [6, 6.07) is -0.403. The molecule has 5 heteroatoms. The highest BCUT2D eigenvalue weighted by Gasteiger charge is 2.30. The zero-order valence-electron chi connectivity index (χ0n) is 7.03. The number of hydrogen-bond acceptors (Lipinski definition) is 3. The Hall–Kier alpha value is -1.36. The summed E-state index contributed by atoms with van der Waals surface area (Å²) in [7, 11) is 0. The van der Waals surface area contributed by atoms with Gasteiger partial charge in [0, 0.05) is 18.7 Å². The summed E-state index contributed by atoms with van der Waals surface area (Å²) >= 11 is 0. The molecule has 1 aliphatic rings. The normalized spacial score (nSPS) is 27.7. The minimum Gasteiger partial charge on any atom is -0.480 e. The standard InChI is InChI=1S/C8H11N3O2/c12-8(13)7-1-5(2-9-7)6-3-10-11-4-6/h3-5,7,9H,1-2H2,(H,10,11)(H,12,13). The van der Waals surface area contributed by atoms with Gasteiger partial charge in [0.2, 0.25) is 0 Å². The van der Waals surface area contributed by atoms with Gasteiger partial charge < -0.3 is 10.4 Å². The molecule has 2 unspecified atom stereocenters. The fraction of sp³-hybridized carbons (Fsp3) is 0.500. The molecule has 1 aromatic rings. The summed E-state index contributed by atoms with van der Waals surface area (Å²) in [5.74, 6) is -0.495. The molecule has 1 fully saturated rings. The average Bonchev–Trinajstić information content (AvgIpc) is 2.75. The van der Waals surface area contributed by atoms with E-state index in [-0.39, 0.29) is 5.92 Å². The molecule has 2 rings (SSSR count). The van der Waals surface area contributed by atoms with Crippen molar-refractivity contribution < 1.29 is 9.90 Å². The van der Waals surface area contributed by atoms with E-state index in [1.807, 2.05) is 6.20 Å². The van der Waals surface area contributed by atoms with Crippen LogP contribution in [0, 0.1) is 0 Å². The van der Waals surface area contributed by atoms with Gasteiger partial charge in [-0.15, -0.1) is 0 Å². The summed E-state index contributed by atoms with van der Waals surface area (Å²) < 4.78 is 0. The summed E-state index contributed by atoms with van der Waals surface area (Å²) in [6.07, 6.45) is 4.21. The number of nitrogens with one attached hydrogen (secondary N) is 2. The molecular formula is C8H11N3O2. The number of aromatic amines is 1. The molecule has 1 aromatic heterocycles. The lowest BCUT2D eigenvalue weighted by atomic mass is 10.00. The first kappa shape index (κ1) is 8.25. The number of aromatic nitrogens is 2. The molecule has 1 saturated heterocycles. The maximum absolute atomic E-state index is 10.6. The molecule has 70 valence electrons. The maximum atomic E-state index is 10.6. The van der Waals surface area contributed by atoms with Gasteiger partial charge in [-0.1, -0.05) is 0 Å². The van der Waals surface area contributed by atoms with Gasteiger partial charge in [-0.3, -0.25) is 9.89 Å². The highest BCUT2D eigenvalue weighted by molar-refractivity contribution is 5.74. The Kier molecular flexibility index (Phi) is 2.02. The smallest absolute Gasteiger partial charge is 0.320 e. The van der Waals surface area contributed by atoms with E-state index in [1.54, 1.807) is 6.20 Å². The van der Waals surface area contributed by atoms with E-state index >= 15 is 0 Å². The Morgan fingerprint density at radius 2 is 2.54 bits per heavy atom. The van der Waals surface area contributed by atoms with Crippen molar-refractivity contribution in [2.24, 2.45) is 0 Å². The number of H-pyrrole nitrogens is 1. The van der Waals surface area contributed by atoms with E-state index in [2.05, 4.69) is 15.5 Å². The van der Waals surface area contributed by atoms with E-state index < -0.39 is 12.0 Å². The second-order valence-electron chi connectivity index (χ2n) is 3.26. The van der Waals surface area contributed by atoms with Crippen molar-refractivity contribution in [2.45, 2.75) is 18.4 Å². The third-order valence-electron chi connectivity index (χ3n) is 2.42. The van der Waals surface area contributed by atoms with Crippen LogP contribution in [0.5, 0.6) is 0 Å². The molecule has 2 atom stereocenters. The lowest BCUT2D eigenvalue weighted by molar-refractivity contribution is -0.139. The van der Waals surface area contributed by atoms with E-state index in [0.29, 0.717) is 6.42 Å². The third kappa shape index (κ3) is 1.55. The minimum atomic E-state index is -0.772. The first-order valence-electron chi connectivity index (χ1n) is 4.22. The zero-order valence-corrected chi connectivity index (χ0v) is 7.03. The molecule has 0 spiro atoms. The minimum absolute atomic E-state index is 0.278. The number of nitrogens with zero attached hydrogens (tertiary/aromatic N) is 1. The van der Waals surface area contributed by atoms with Crippen LogP contribution in [0.15, 0.2) is 12.4 Å². The van der Waals surface area contributed by atoms with Crippen LogP contribution >= 0.6 is 0 Å². The van der Waals surface area contributed by atoms with Crippen molar-refractivity contribution in [1.82, 2.24) is 15.5 Å². The molecule has 3 N–H and O–H groups in total. The Balaban J connectivity index is 2.03. The lowest BCUT2D eigenvalue weighted by Gasteiger charge is -2.03. The zero-order chi connectivity index (χ0) is 9.26. The summed E-state index contributed by atoms with van der Waals surface area (Å²) in [5, 5.41) is 18.3. The number of rotatable bonds is 2. The fourth-order valence-corrected chi connectivity index (χ4v) is 1.66. The van der Waals surface area contributed by atoms with Gasteiger partial charge in [0.25, 0.3) is 0 Å². The molecule has 0 aromatic carbocycles. The number of carboxylic acid groups (broad SMARTS) is 1. The van der Waals surface area contributed by atoms with Crippen LogP contribution in [-0.2, 0) is 4.79 Å². The molecule has 5 nitrogen and oxygen atoms in total. The van der Waals surface area contributed by atoms with Crippen molar-refractivity contribution in [1.29, 1.82) is 0 Å². The van der Waals surface area contributed by atoms with Gasteiger partial charge in [-0.05, 0) is 12.0 Å². The van der Waals surface area contributed by atoms with Gasteiger partial charge in [-0.2, -0.15) is 5.10 Å². The number of aliphatic carboxylic acids is 1. The predicted octanol–water partition coefficient (Wildman–Crippen LogP) is -0.0602. The van der Waals surface area contributed by atoms with Gasteiger partial charge in [0.1, 0.15) is 6.04 Å². The molecule has 0 aliphatic carbocycles. The van der Waals surface area contributed by atoms with Gasteiger partial charge >= 0.3 is 5.97 Å². The molecule has 13 heavy (non-hydrogen) atoms. The van der Waals surface area contributed by atoms with Crippen molar-refractivity contribution in [3.63, 3.8) is 0 Å². The van der Waals surface area contributed by atoms with Crippen LogP contribution < -0.4 is 5.32 Å². The predicted molar refractivity (Wildman–Crippen MR) is 45.4 cm³/mol. The number of carboxylic acids is 1. The van der Waals surface area contributed by atoms with Gasteiger partial charge in [0.05, 0.1) is 6.20 Å². The highest BCUT2D eigenvalue weighted by Crippen LogP contribution is 2.24. The van der Waals surface area contributed by atoms with Crippen LogP contribution in [0.2, 0.25) is 0 Å². The van der Waals surface area contributed by atoms with Crippen LogP contribution in [0.25, 0.3) is 0 Å². The third-order valence-corrected chi connectivity index (χ3v) is 2.42. The molecule has 1 aliphatic heterocycles. The van der Waals surface area contributed by atoms with Crippen LogP contribution in [-0.4, -0.2) is 33.9 Å². The van der Waals surface area contributed by atoms with E-state index in [0.717, 1.165) is 12.1 Å². The molecular weight excluding hydrogens is 170 g/mol. The van der Waals surface area contributed by atoms with Crippen molar-refractivity contribution >= 4 is 5.97 Å². The SMILES string of the molecule is O=C(O)C1CC(c2cn[nH]c2)CN1. The van der Waals surface area contributed by atoms with Crippen molar-refractivity contribution in [3.05, 3.63) is 18.0 Å². The lowest BCUT2D eigenvalue weighted by Crippen LogP contribution is -2.29. The molecule has 0 amide bonds. The average molecular weight is 181 g/mol. The number of hydrogen-bond donors (Lipinski definition) is 3. The molecule has 0 bridgehead atoms. The van der Waals surface area contributed by atoms with Crippen LogP contribution in [0.3, 0.4) is 0 Å².